The lowest BCUT2D eigenvalue weighted by Crippen LogP contribution is -2.42. The van der Waals surface area contributed by atoms with Crippen LogP contribution < -0.4 is 16.0 Å². The van der Waals surface area contributed by atoms with Crippen LogP contribution in [0.15, 0.2) is 11.2 Å². The molecule has 0 aliphatic heterocycles. The molecule has 23 heavy (non-hydrogen) atoms. The first-order valence-electron chi connectivity index (χ1n) is 7.63. The Balaban J connectivity index is 2.15. The predicted octanol–water partition coefficient (Wildman–Crippen LogP) is 1.68. The summed E-state index contributed by atoms with van der Waals surface area (Å²) in [7, 11) is 1.71. The highest BCUT2D eigenvalue weighted by atomic mass is 32.1. The first-order valence-corrected chi connectivity index (χ1v) is 8.44. The SMILES string of the molecule is CN=C(NCCNC(=O)OC(C)(C)C)NCCc1ncc(C)s1. The van der Waals surface area contributed by atoms with E-state index in [2.05, 4.69) is 25.9 Å². The van der Waals surface area contributed by atoms with Gasteiger partial charge in [0.2, 0.25) is 0 Å². The van der Waals surface area contributed by atoms with E-state index in [-0.39, 0.29) is 0 Å². The number of aromatic nitrogens is 1. The summed E-state index contributed by atoms with van der Waals surface area (Å²) in [4.78, 5) is 21.2. The fourth-order valence-corrected chi connectivity index (χ4v) is 2.47. The number of hydrogen-bond acceptors (Lipinski definition) is 5. The van der Waals surface area contributed by atoms with Gasteiger partial charge in [-0.2, -0.15) is 0 Å². The van der Waals surface area contributed by atoms with E-state index in [4.69, 9.17) is 4.74 Å². The highest BCUT2D eigenvalue weighted by molar-refractivity contribution is 7.11. The van der Waals surface area contributed by atoms with Crippen LogP contribution in [0.1, 0.15) is 30.7 Å². The number of carbonyl (C=O) groups is 1. The summed E-state index contributed by atoms with van der Waals surface area (Å²) in [6.45, 7) is 9.33. The first kappa shape index (κ1) is 19.2. The van der Waals surface area contributed by atoms with Crippen LogP contribution in [0.2, 0.25) is 0 Å². The van der Waals surface area contributed by atoms with Crippen LogP contribution in [0.4, 0.5) is 4.79 Å². The molecule has 8 heteroatoms. The molecule has 3 N–H and O–H groups in total. The van der Waals surface area contributed by atoms with Crippen molar-refractivity contribution in [1.29, 1.82) is 0 Å². The van der Waals surface area contributed by atoms with Gasteiger partial charge in [0.25, 0.3) is 0 Å². The fourth-order valence-electron chi connectivity index (χ4n) is 1.69. The van der Waals surface area contributed by atoms with E-state index < -0.39 is 11.7 Å². The smallest absolute Gasteiger partial charge is 0.407 e. The second-order valence-corrected chi connectivity index (χ2v) is 7.29. The van der Waals surface area contributed by atoms with E-state index in [0.717, 1.165) is 18.0 Å². The predicted molar refractivity (Wildman–Crippen MR) is 94.2 cm³/mol. The van der Waals surface area contributed by atoms with Gasteiger partial charge in [0, 0.05) is 44.2 Å². The quantitative estimate of drug-likeness (QED) is 0.416. The van der Waals surface area contributed by atoms with Crippen molar-refractivity contribution in [2.75, 3.05) is 26.7 Å². The summed E-state index contributed by atoms with van der Waals surface area (Å²) >= 11 is 1.70. The van der Waals surface area contributed by atoms with Gasteiger partial charge in [-0.3, -0.25) is 4.99 Å². The zero-order valence-electron chi connectivity index (χ0n) is 14.5. The average Bonchev–Trinajstić information content (AvgIpc) is 2.85. The molecule has 0 aromatic carbocycles. The summed E-state index contributed by atoms with van der Waals surface area (Å²) in [5.41, 5.74) is -0.483. The number of aryl methyl sites for hydroxylation is 1. The molecule has 1 aromatic heterocycles. The van der Waals surface area contributed by atoms with Crippen molar-refractivity contribution in [2.24, 2.45) is 4.99 Å². The minimum absolute atomic E-state index is 0.415. The van der Waals surface area contributed by atoms with Crippen LogP contribution in [-0.4, -0.2) is 49.3 Å². The zero-order valence-corrected chi connectivity index (χ0v) is 15.3. The van der Waals surface area contributed by atoms with Crippen LogP contribution in [-0.2, 0) is 11.2 Å². The molecule has 0 aliphatic rings. The van der Waals surface area contributed by atoms with E-state index in [1.807, 2.05) is 33.9 Å². The first-order chi connectivity index (χ1) is 10.8. The molecule has 1 heterocycles. The molecule has 1 rings (SSSR count). The van der Waals surface area contributed by atoms with Crippen molar-refractivity contribution in [3.05, 3.63) is 16.1 Å². The summed E-state index contributed by atoms with van der Waals surface area (Å²) in [5.74, 6) is 0.698. The van der Waals surface area contributed by atoms with Gasteiger partial charge in [-0.15, -0.1) is 11.3 Å². The zero-order chi connectivity index (χ0) is 17.3. The number of aliphatic imine (C=N–C) groups is 1. The molecule has 7 nitrogen and oxygen atoms in total. The third-order valence-electron chi connectivity index (χ3n) is 2.61. The van der Waals surface area contributed by atoms with Crippen molar-refractivity contribution in [3.8, 4) is 0 Å². The number of guanidine groups is 1. The Morgan fingerprint density at radius 2 is 1.91 bits per heavy atom. The van der Waals surface area contributed by atoms with E-state index >= 15 is 0 Å². The van der Waals surface area contributed by atoms with E-state index in [0.29, 0.717) is 19.0 Å². The fraction of sp³-hybridized carbons (Fsp3) is 0.667. The van der Waals surface area contributed by atoms with Gasteiger partial charge in [-0.25, -0.2) is 9.78 Å². The van der Waals surface area contributed by atoms with Crippen LogP contribution >= 0.6 is 11.3 Å². The van der Waals surface area contributed by atoms with E-state index in [9.17, 15) is 4.79 Å². The lowest BCUT2D eigenvalue weighted by atomic mass is 10.2. The Hall–Kier alpha value is -1.83. The van der Waals surface area contributed by atoms with Gasteiger partial charge in [0.05, 0.1) is 5.01 Å². The van der Waals surface area contributed by atoms with Gasteiger partial charge < -0.3 is 20.7 Å². The number of thiazole rings is 1. The van der Waals surface area contributed by atoms with Crippen LogP contribution in [0.3, 0.4) is 0 Å². The summed E-state index contributed by atoms with van der Waals surface area (Å²) < 4.78 is 5.16. The molecule has 1 aromatic rings. The number of hydrogen-bond donors (Lipinski definition) is 3. The lowest BCUT2D eigenvalue weighted by Gasteiger charge is -2.19. The molecule has 0 aliphatic carbocycles. The molecule has 0 spiro atoms. The highest BCUT2D eigenvalue weighted by Crippen LogP contribution is 2.10. The second-order valence-electron chi connectivity index (χ2n) is 5.97. The standard InChI is InChI=1S/C15H27N5O2S/c1-11-10-20-12(23-11)6-7-17-13(16-5)18-8-9-19-14(21)22-15(2,3)4/h10H,6-9H2,1-5H3,(H,19,21)(H2,16,17,18). The number of ether oxygens (including phenoxy) is 1. The topological polar surface area (TPSA) is 87.6 Å². The van der Waals surface area contributed by atoms with Crippen molar-refractivity contribution in [2.45, 2.75) is 39.7 Å². The molecule has 0 atom stereocenters. The molecule has 0 saturated carbocycles. The number of amides is 1. The molecule has 0 radical (unpaired) electrons. The van der Waals surface area contributed by atoms with E-state index in [1.165, 1.54) is 4.88 Å². The molecule has 0 bridgehead atoms. The van der Waals surface area contributed by atoms with Crippen molar-refractivity contribution in [3.63, 3.8) is 0 Å². The van der Waals surface area contributed by atoms with Crippen LogP contribution in [0, 0.1) is 6.92 Å². The largest absolute Gasteiger partial charge is 0.444 e. The maximum atomic E-state index is 11.5. The van der Waals surface area contributed by atoms with Gasteiger partial charge in [-0.1, -0.05) is 0 Å². The molecular formula is C15H27N5O2S. The Morgan fingerprint density at radius 3 is 2.48 bits per heavy atom. The minimum Gasteiger partial charge on any atom is -0.444 e. The molecule has 130 valence electrons. The molecular weight excluding hydrogens is 314 g/mol. The third-order valence-corrected chi connectivity index (χ3v) is 3.58. The summed E-state index contributed by atoms with van der Waals surface area (Å²) in [5, 5.41) is 10.1. The monoisotopic (exact) mass is 341 g/mol. The normalized spacial score (nSPS) is 12.0. The maximum Gasteiger partial charge on any atom is 0.407 e. The number of carbonyl (C=O) groups excluding carboxylic acids is 1. The van der Waals surface area contributed by atoms with Crippen LogP contribution in [0.25, 0.3) is 0 Å². The number of nitrogens with zero attached hydrogens (tertiary/aromatic N) is 2. The van der Waals surface area contributed by atoms with Gasteiger partial charge in [0.15, 0.2) is 5.96 Å². The minimum atomic E-state index is -0.483. The highest BCUT2D eigenvalue weighted by Gasteiger charge is 2.15. The van der Waals surface area contributed by atoms with Gasteiger partial charge >= 0.3 is 6.09 Å². The lowest BCUT2D eigenvalue weighted by molar-refractivity contribution is 0.0529. The molecule has 1 amide bonds. The number of alkyl carbamates (subject to hydrolysis) is 1. The number of rotatable bonds is 6. The maximum absolute atomic E-state index is 11.5. The Labute approximate surface area is 141 Å². The Kier molecular flexibility index (Phi) is 7.80. The summed E-state index contributed by atoms with van der Waals surface area (Å²) in [6, 6.07) is 0. The Morgan fingerprint density at radius 1 is 1.26 bits per heavy atom. The van der Waals surface area contributed by atoms with Gasteiger partial charge in [0.1, 0.15) is 5.60 Å². The average molecular weight is 341 g/mol. The van der Waals surface area contributed by atoms with Crippen LogP contribution in [0.5, 0.6) is 0 Å². The molecule has 0 unspecified atom stereocenters. The van der Waals surface area contributed by atoms with Crippen molar-refractivity contribution in [1.82, 2.24) is 20.9 Å². The number of nitrogens with one attached hydrogen (secondary N) is 3. The molecule has 0 fully saturated rings. The van der Waals surface area contributed by atoms with E-state index in [1.54, 1.807) is 18.4 Å². The molecule has 0 saturated heterocycles. The second kappa shape index (κ2) is 9.34. The third kappa shape index (κ3) is 9.02. The van der Waals surface area contributed by atoms with Crippen molar-refractivity contribution < 1.29 is 9.53 Å². The van der Waals surface area contributed by atoms with Gasteiger partial charge in [-0.05, 0) is 27.7 Å². The van der Waals surface area contributed by atoms with Crippen molar-refractivity contribution >= 4 is 23.4 Å². The summed E-state index contributed by atoms with van der Waals surface area (Å²) in [6.07, 6.45) is 2.33. The Bertz CT molecular complexity index is 522.